The predicted octanol–water partition coefficient (Wildman–Crippen LogP) is -0.744. The highest BCUT2D eigenvalue weighted by Gasteiger charge is 2.72. The largest absolute Gasteiger partial charge is 0.469 e. The molecule has 2 N–H and O–H groups in total. The minimum atomic E-state index is -1.38. The second-order valence-electron chi connectivity index (χ2n) is 5.58. The third kappa shape index (κ3) is 2.80. The van der Waals surface area contributed by atoms with Crippen molar-refractivity contribution >= 4 is 29.6 Å². The van der Waals surface area contributed by atoms with Gasteiger partial charge < -0.3 is 24.6 Å². The van der Waals surface area contributed by atoms with Crippen LogP contribution in [0.5, 0.6) is 0 Å². The molecular formula is C15H21NO7S. The van der Waals surface area contributed by atoms with Gasteiger partial charge in [0.25, 0.3) is 0 Å². The Morgan fingerprint density at radius 2 is 2.04 bits per heavy atom. The highest BCUT2D eigenvalue weighted by atomic mass is 32.2. The molecule has 134 valence electrons. The average molecular weight is 359 g/mol. The monoisotopic (exact) mass is 359 g/mol. The van der Waals surface area contributed by atoms with E-state index < -0.39 is 34.3 Å². The molecule has 0 aromatic rings. The molecule has 0 aromatic heterocycles. The summed E-state index contributed by atoms with van der Waals surface area (Å²) >= 11 is 1.10. The third-order valence-corrected chi connectivity index (χ3v) is 5.73. The van der Waals surface area contributed by atoms with E-state index in [4.69, 9.17) is 14.2 Å². The Morgan fingerprint density at radius 1 is 1.33 bits per heavy atom. The van der Waals surface area contributed by atoms with Gasteiger partial charge in [0.1, 0.15) is 17.6 Å². The molecule has 2 aliphatic heterocycles. The van der Waals surface area contributed by atoms with E-state index in [9.17, 15) is 19.5 Å². The summed E-state index contributed by atoms with van der Waals surface area (Å²) in [5.74, 6) is -2.35. The SMILES string of the molecule is COC(=O)[C@H]1[C@@](SCCO)(C(=O)OC)[C@H]2C=C[C@]1(CNC(C)=O)O2. The van der Waals surface area contributed by atoms with Gasteiger partial charge in [-0.15, -0.1) is 11.8 Å². The van der Waals surface area contributed by atoms with Crippen LogP contribution >= 0.6 is 11.8 Å². The smallest absolute Gasteiger partial charge is 0.326 e. The minimum absolute atomic E-state index is 0.0214. The van der Waals surface area contributed by atoms with Gasteiger partial charge in [0.15, 0.2) is 4.75 Å². The number of hydrogen-bond donors (Lipinski definition) is 2. The zero-order valence-electron chi connectivity index (χ0n) is 13.7. The van der Waals surface area contributed by atoms with E-state index in [2.05, 4.69) is 5.32 Å². The number of methoxy groups -OCH3 is 2. The Kier molecular flexibility index (Phi) is 5.56. The van der Waals surface area contributed by atoms with E-state index in [-0.39, 0.29) is 24.8 Å². The average Bonchev–Trinajstić information content (AvgIpc) is 3.12. The van der Waals surface area contributed by atoms with Gasteiger partial charge in [-0.2, -0.15) is 0 Å². The molecule has 0 unspecified atom stereocenters. The maximum atomic E-state index is 12.6. The number of aliphatic hydroxyl groups excluding tert-OH is 1. The Labute approximate surface area is 143 Å². The van der Waals surface area contributed by atoms with E-state index in [1.807, 2.05) is 0 Å². The quantitative estimate of drug-likeness (QED) is 0.451. The van der Waals surface area contributed by atoms with Gasteiger partial charge >= 0.3 is 11.9 Å². The van der Waals surface area contributed by atoms with E-state index in [0.29, 0.717) is 0 Å². The summed E-state index contributed by atoms with van der Waals surface area (Å²) in [5, 5.41) is 11.8. The van der Waals surface area contributed by atoms with Gasteiger partial charge in [0, 0.05) is 12.7 Å². The molecule has 24 heavy (non-hydrogen) atoms. The summed E-state index contributed by atoms with van der Waals surface area (Å²) in [5.41, 5.74) is -1.19. The van der Waals surface area contributed by atoms with Crippen molar-refractivity contribution in [3.63, 3.8) is 0 Å². The first-order chi connectivity index (χ1) is 11.4. The number of rotatable bonds is 7. The van der Waals surface area contributed by atoms with Crippen LogP contribution < -0.4 is 5.32 Å². The Balaban J connectivity index is 2.49. The van der Waals surface area contributed by atoms with Gasteiger partial charge in [-0.05, 0) is 0 Å². The van der Waals surface area contributed by atoms with Crippen LogP contribution in [0, 0.1) is 5.92 Å². The first-order valence-electron chi connectivity index (χ1n) is 7.40. The highest BCUT2D eigenvalue weighted by Crippen LogP contribution is 2.56. The van der Waals surface area contributed by atoms with E-state index in [1.165, 1.54) is 21.1 Å². The second-order valence-corrected chi connectivity index (χ2v) is 6.95. The number of hydrogen-bond acceptors (Lipinski definition) is 8. The molecule has 2 rings (SSSR count). The van der Waals surface area contributed by atoms with Gasteiger partial charge in [-0.1, -0.05) is 12.2 Å². The fraction of sp³-hybridized carbons (Fsp3) is 0.667. The molecule has 0 aliphatic carbocycles. The van der Waals surface area contributed by atoms with Crippen LogP contribution in [-0.4, -0.2) is 72.5 Å². The van der Waals surface area contributed by atoms with Crippen LogP contribution in [0.1, 0.15) is 6.92 Å². The summed E-state index contributed by atoms with van der Waals surface area (Å²) in [6.07, 6.45) is 2.64. The molecular weight excluding hydrogens is 338 g/mol. The lowest BCUT2D eigenvalue weighted by molar-refractivity contribution is -0.156. The lowest BCUT2D eigenvalue weighted by atomic mass is 9.74. The van der Waals surface area contributed by atoms with E-state index in [0.717, 1.165) is 11.8 Å². The molecule has 1 saturated heterocycles. The van der Waals surface area contributed by atoms with Gasteiger partial charge in [0.2, 0.25) is 5.91 Å². The number of amides is 1. The van der Waals surface area contributed by atoms with Crippen molar-refractivity contribution in [3.05, 3.63) is 12.2 Å². The number of esters is 2. The van der Waals surface area contributed by atoms with Crippen LogP contribution in [0.3, 0.4) is 0 Å². The van der Waals surface area contributed by atoms with Crippen LogP contribution in [0.15, 0.2) is 12.2 Å². The summed E-state index contributed by atoms with van der Waals surface area (Å²) in [6, 6.07) is 0. The number of carbonyl (C=O) groups is 3. The van der Waals surface area contributed by atoms with Crippen LogP contribution in [0.2, 0.25) is 0 Å². The molecule has 2 bridgehead atoms. The van der Waals surface area contributed by atoms with Crippen LogP contribution in [-0.2, 0) is 28.6 Å². The molecule has 0 aromatic carbocycles. The minimum Gasteiger partial charge on any atom is -0.469 e. The normalized spacial score (nSPS) is 33.3. The number of carbonyl (C=O) groups excluding carboxylic acids is 3. The summed E-state index contributed by atoms with van der Waals surface area (Å²) < 4.78 is 14.4. The lowest BCUT2D eigenvalue weighted by Gasteiger charge is -2.38. The molecule has 4 atom stereocenters. The Bertz CT molecular complexity index is 566. The van der Waals surface area contributed by atoms with E-state index >= 15 is 0 Å². The molecule has 1 amide bonds. The maximum Gasteiger partial charge on any atom is 0.326 e. The molecule has 2 heterocycles. The van der Waals surface area contributed by atoms with Crippen molar-refractivity contribution in [3.8, 4) is 0 Å². The molecule has 8 nitrogen and oxygen atoms in total. The summed E-state index contributed by atoms with van der Waals surface area (Å²) in [6.45, 7) is 1.20. The third-order valence-electron chi connectivity index (χ3n) is 4.23. The molecule has 9 heteroatoms. The molecule has 1 fully saturated rings. The Morgan fingerprint density at radius 3 is 2.58 bits per heavy atom. The molecule has 0 radical (unpaired) electrons. The van der Waals surface area contributed by atoms with Crippen molar-refractivity contribution in [1.82, 2.24) is 5.32 Å². The topological polar surface area (TPSA) is 111 Å². The van der Waals surface area contributed by atoms with Crippen LogP contribution in [0.4, 0.5) is 0 Å². The Hall–Kier alpha value is -1.58. The lowest BCUT2D eigenvalue weighted by Crippen LogP contribution is -2.58. The number of ether oxygens (including phenoxy) is 3. The fourth-order valence-corrected chi connectivity index (χ4v) is 4.66. The van der Waals surface area contributed by atoms with Crippen LogP contribution in [0.25, 0.3) is 0 Å². The fourth-order valence-electron chi connectivity index (χ4n) is 3.28. The van der Waals surface area contributed by atoms with Gasteiger partial charge in [0.05, 0.1) is 27.4 Å². The number of thioether (sulfide) groups is 1. The molecule has 0 saturated carbocycles. The first-order valence-corrected chi connectivity index (χ1v) is 8.39. The zero-order chi connectivity index (χ0) is 18.0. The van der Waals surface area contributed by atoms with Crippen molar-refractivity contribution in [2.24, 2.45) is 5.92 Å². The number of fused-ring (bicyclic) bond motifs is 2. The summed E-state index contributed by atoms with van der Waals surface area (Å²) in [4.78, 5) is 36.4. The predicted molar refractivity (Wildman–Crippen MR) is 85.2 cm³/mol. The van der Waals surface area contributed by atoms with Crippen molar-refractivity contribution in [2.45, 2.75) is 23.4 Å². The molecule has 0 spiro atoms. The van der Waals surface area contributed by atoms with Crippen molar-refractivity contribution in [2.75, 3.05) is 33.1 Å². The highest BCUT2D eigenvalue weighted by molar-refractivity contribution is 8.01. The molecule has 2 aliphatic rings. The zero-order valence-corrected chi connectivity index (χ0v) is 14.6. The standard InChI is InChI=1S/C15H21NO7S/c1-9(18)16-8-14-5-4-10(23-14)15(13(20)22-3,24-7-6-17)11(14)12(19)21-2/h4-5,10-11,17H,6-8H2,1-3H3,(H,16,18)/t10-,11-,14-,15-/m1/s1. The second kappa shape index (κ2) is 7.12. The van der Waals surface area contributed by atoms with E-state index in [1.54, 1.807) is 12.2 Å². The summed E-state index contributed by atoms with van der Waals surface area (Å²) in [7, 11) is 2.46. The first kappa shape index (κ1) is 18.8. The van der Waals surface area contributed by atoms with Gasteiger partial charge in [-0.25, -0.2) is 0 Å². The van der Waals surface area contributed by atoms with Crippen molar-refractivity contribution < 1.29 is 33.7 Å². The maximum absolute atomic E-state index is 12.6. The number of aliphatic hydroxyl groups is 1. The van der Waals surface area contributed by atoms with Crippen molar-refractivity contribution in [1.29, 1.82) is 0 Å². The number of nitrogens with one attached hydrogen (secondary N) is 1. The van der Waals surface area contributed by atoms with Gasteiger partial charge in [-0.3, -0.25) is 14.4 Å².